The highest BCUT2D eigenvalue weighted by Gasteiger charge is 2.35. The molecule has 1 heterocycles. The highest BCUT2D eigenvalue weighted by molar-refractivity contribution is 6.76. The van der Waals surface area contributed by atoms with Gasteiger partial charge in [0.15, 0.2) is 0 Å². The average molecular weight is 76.9 g/mol. The quantitative estimate of drug-likeness (QED) is 0.383. The third kappa shape index (κ3) is 0.600. The van der Waals surface area contributed by atoms with E-state index in [0.29, 0.717) is 0 Å². The lowest BCUT2D eigenvalue weighted by Crippen LogP contribution is -1.89. The molecule has 0 aliphatic carbocycles. The van der Waals surface area contributed by atoms with Crippen LogP contribution in [-0.2, 0) is 0 Å². The van der Waals surface area contributed by atoms with E-state index in [1.165, 1.54) is 0 Å². The molecule has 3 heteroatoms. The van der Waals surface area contributed by atoms with Crippen LogP contribution < -0.4 is 0 Å². The first-order valence-electron chi connectivity index (χ1n) is 1.75. The molecule has 0 bridgehead atoms. The molecule has 1 aliphatic heterocycles. The monoisotopic (exact) mass is 77.0 g/mol. The van der Waals surface area contributed by atoms with Crippen LogP contribution in [0.3, 0.4) is 0 Å². The summed E-state index contributed by atoms with van der Waals surface area (Å²) in [4.78, 5) is 0. The van der Waals surface area contributed by atoms with Crippen LogP contribution in [-0.4, -0.2) is 6.70 Å². The summed E-state index contributed by atoms with van der Waals surface area (Å²) in [6.07, 6.45) is 0.361. The molecule has 0 aromatic rings. The van der Waals surface area contributed by atoms with Crippen molar-refractivity contribution in [3.63, 3.8) is 0 Å². The Hall–Kier alpha value is -0.0751. The van der Waals surface area contributed by atoms with Gasteiger partial charge in [-0.05, 0) is 0 Å². The van der Waals surface area contributed by atoms with E-state index >= 15 is 0 Å². The largest absolute Gasteiger partial charge is 0.478 e. The molecule has 0 saturated carbocycles. The van der Waals surface area contributed by atoms with Crippen molar-refractivity contribution in [2.45, 2.75) is 12.6 Å². The van der Waals surface area contributed by atoms with Crippen molar-refractivity contribution in [2.24, 2.45) is 0 Å². The molecule has 1 rings (SSSR count). The summed E-state index contributed by atoms with van der Waals surface area (Å²) in [6, 6.07) is 0. The van der Waals surface area contributed by atoms with Gasteiger partial charge in [0.05, 0.1) is 0 Å². The normalized spacial score (nSPS) is 30.0. The van der Waals surface area contributed by atoms with E-state index in [4.69, 9.17) is 0 Å². The molecular formula is C2H4BF2-. The second-order valence-corrected chi connectivity index (χ2v) is 1.57. The van der Waals surface area contributed by atoms with Gasteiger partial charge < -0.3 is 8.63 Å². The van der Waals surface area contributed by atoms with Gasteiger partial charge in [-0.3, -0.25) is 0 Å². The van der Waals surface area contributed by atoms with Gasteiger partial charge in [0, 0.05) is 0 Å². The molecule has 0 nitrogen and oxygen atoms in total. The number of hydrogen-bond acceptors (Lipinski definition) is 0. The Morgan fingerprint density at radius 2 is 1.40 bits per heavy atom. The summed E-state index contributed by atoms with van der Waals surface area (Å²) >= 11 is 0. The molecule has 0 radical (unpaired) electrons. The molecule has 5 heavy (non-hydrogen) atoms. The summed E-state index contributed by atoms with van der Waals surface area (Å²) in [5.41, 5.74) is 0. The molecule has 30 valence electrons. The topological polar surface area (TPSA) is 0 Å². The summed E-state index contributed by atoms with van der Waals surface area (Å²) in [5.74, 6) is 0. The lowest BCUT2D eigenvalue weighted by atomic mass is 9.94. The highest BCUT2D eigenvalue weighted by Crippen LogP contribution is 2.37. The fraction of sp³-hybridized carbons (Fsp3) is 1.00. The minimum atomic E-state index is -2.75. The smallest absolute Gasteiger partial charge is 0.300 e. The first-order valence-corrected chi connectivity index (χ1v) is 1.75. The zero-order valence-electron chi connectivity index (χ0n) is 2.75. The summed E-state index contributed by atoms with van der Waals surface area (Å²) in [7, 11) is 0. The second kappa shape index (κ2) is 0.535. The Labute approximate surface area is 29.2 Å². The van der Waals surface area contributed by atoms with Crippen molar-refractivity contribution >= 4 is 6.70 Å². The molecule has 0 aromatic carbocycles. The minimum Gasteiger partial charge on any atom is -0.478 e. The van der Waals surface area contributed by atoms with Crippen molar-refractivity contribution in [2.75, 3.05) is 0 Å². The van der Waals surface area contributed by atoms with Gasteiger partial charge in [-0.1, -0.05) is 0 Å². The first-order chi connectivity index (χ1) is 2.21. The van der Waals surface area contributed by atoms with E-state index in [2.05, 4.69) is 0 Å². The zero-order valence-corrected chi connectivity index (χ0v) is 2.75. The number of hydrogen-bond donors (Lipinski definition) is 0. The molecule has 0 aromatic heterocycles. The van der Waals surface area contributed by atoms with Crippen molar-refractivity contribution in [1.29, 1.82) is 0 Å². The average Bonchev–Trinajstić information content (AvgIpc) is 1.76. The van der Waals surface area contributed by atoms with Crippen molar-refractivity contribution in [3.8, 4) is 0 Å². The van der Waals surface area contributed by atoms with Crippen LogP contribution in [0.5, 0.6) is 0 Å². The highest BCUT2D eigenvalue weighted by atomic mass is 19.2. The summed E-state index contributed by atoms with van der Waals surface area (Å²) in [6.45, 7) is -2.75. The third-order valence-corrected chi connectivity index (χ3v) is 0.725. The Morgan fingerprint density at radius 3 is 1.40 bits per heavy atom. The van der Waals surface area contributed by atoms with Crippen LogP contribution in [0.4, 0.5) is 8.63 Å². The first kappa shape index (κ1) is 3.13. The van der Waals surface area contributed by atoms with E-state index in [0.717, 1.165) is 0 Å². The van der Waals surface area contributed by atoms with E-state index in [-0.39, 0.29) is 12.6 Å². The maximum Gasteiger partial charge on any atom is 0.300 e. The van der Waals surface area contributed by atoms with Gasteiger partial charge in [0.2, 0.25) is 0 Å². The minimum absolute atomic E-state index is 0.181. The van der Waals surface area contributed by atoms with E-state index in [9.17, 15) is 8.63 Å². The molecule has 0 spiro atoms. The van der Waals surface area contributed by atoms with Gasteiger partial charge in [0.25, 0.3) is 0 Å². The molecule has 0 atom stereocenters. The standard InChI is InChI=1S/C2H4BF2/c4-3(5)1-2-3/h1-2H2/q-1. The number of rotatable bonds is 0. The van der Waals surface area contributed by atoms with Gasteiger partial charge >= 0.3 is 6.70 Å². The van der Waals surface area contributed by atoms with Gasteiger partial charge in [-0.15, -0.1) is 12.6 Å². The van der Waals surface area contributed by atoms with Crippen LogP contribution in [0.25, 0.3) is 0 Å². The van der Waals surface area contributed by atoms with Gasteiger partial charge in [-0.25, -0.2) is 0 Å². The van der Waals surface area contributed by atoms with Crippen molar-refractivity contribution < 1.29 is 8.63 Å². The van der Waals surface area contributed by atoms with Crippen LogP contribution in [0.1, 0.15) is 0 Å². The van der Waals surface area contributed by atoms with Gasteiger partial charge in [0.1, 0.15) is 0 Å². The molecular weight excluding hydrogens is 72.8 g/mol. The fourth-order valence-corrected chi connectivity index (χ4v) is 0.126. The van der Waals surface area contributed by atoms with Crippen LogP contribution in [0, 0.1) is 0 Å². The van der Waals surface area contributed by atoms with E-state index < -0.39 is 6.70 Å². The zero-order chi connectivity index (χ0) is 3.91. The second-order valence-electron chi connectivity index (χ2n) is 1.57. The summed E-state index contributed by atoms with van der Waals surface area (Å²) in [5, 5.41) is 0. The Morgan fingerprint density at radius 1 is 1.20 bits per heavy atom. The van der Waals surface area contributed by atoms with Crippen molar-refractivity contribution in [3.05, 3.63) is 0 Å². The van der Waals surface area contributed by atoms with Crippen LogP contribution in [0.15, 0.2) is 0 Å². The molecule has 1 fully saturated rings. The maximum atomic E-state index is 11.2. The third-order valence-electron chi connectivity index (χ3n) is 0.725. The molecule has 0 unspecified atom stereocenters. The van der Waals surface area contributed by atoms with Crippen LogP contribution >= 0.6 is 0 Å². The Bertz CT molecular complexity index is 45.6. The number of halogens is 2. The summed E-state index contributed by atoms with van der Waals surface area (Å²) < 4.78 is 22.4. The Balaban J connectivity index is 2.38. The molecule has 0 amide bonds. The van der Waals surface area contributed by atoms with Crippen LogP contribution in [0.2, 0.25) is 12.6 Å². The molecule has 1 aliphatic rings. The Kier molecular flexibility index (Phi) is 0.334. The lowest BCUT2D eigenvalue weighted by Gasteiger charge is -1.87. The molecule has 0 N–H and O–H groups in total. The lowest BCUT2D eigenvalue weighted by molar-refractivity contribution is 0.659. The fourth-order valence-electron chi connectivity index (χ4n) is 0.126. The maximum absolute atomic E-state index is 11.2. The predicted molar refractivity (Wildman–Crippen MR) is 17.6 cm³/mol. The van der Waals surface area contributed by atoms with Gasteiger partial charge in [-0.2, -0.15) is 0 Å². The van der Waals surface area contributed by atoms with E-state index in [1.54, 1.807) is 0 Å². The molecule has 1 saturated heterocycles. The van der Waals surface area contributed by atoms with Crippen molar-refractivity contribution in [1.82, 2.24) is 0 Å². The SMILES string of the molecule is F[B-]1(F)CC1. The predicted octanol–water partition coefficient (Wildman–Crippen LogP) is 1.38. The van der Waals surface area contributed by atoms with E-state index in [1.807, 2.05) is 0 Å².